The zero-order valence-corrected chi connectivity index (χ0v) is 23.9. The minimum atomic E-state index is -0.275. The number of fused-ring (bicyclic) bond motifs is 2. The minimum absolute atomic E-state index is 0.0315. The van der Waals surface area contributed by atoms with Gasteiger partial charge in [0.15, 0.2) is 0 Å². The highest BCUT2D eigenvalue weighted by atomic mass is 79.9. The maximum absolute atomic E-state index is 13.3. The third-order valence-corrected chi connectivity index (χ3v) is 8.34. The number of aromatic nitrogens is 3. The van der Waals surface area contributed by atoms with E-state index in [0.29, 0.717) is 19.5 Å². The topological polar surface area (TPSA) is 106 Å². The predicted molar refractivity (Wildman–Crippen MR) is 158 cm³/mol. The summed E-state index contributed by atoms with van der Waals surface area (Å²) >= 11 is 3.48. The van der Waals surface area contributed by atoms with Gasteiger partial charge >= 0.3 is 6.03 Å². The largest absolute Gasteiger partial charge is 0.346 e. The van der Waals surface area contributed by atoms with Crippen LogP contribution in [-0.2, 0) is 17.8 Å². The number of likely N-dealkylation sites (tertiary alicyclic amines) is 1. The summed E-state index contributed by atoms with van der Waals surface area (Å²) in [4.78, 5) is 34.8. The van der Waals surface area contributed by atoms with Crippen molar-refractivity contribution >= 4 is 44.5 Å². The van der Waals surface area contributed by atoms with E-state index in [9.17, 15) is 9.59 Å². The number of rotatable bonds is 7. The zero-order chi connectivity index (χ0) is 27.6. The van der Waals surface area contributed by atoms with Crippen molar-refractivity contribution in [3.8, 4) is 0 Å². The fourth-order valence-corrected chi connectivity index (χ4v) is 6.22. The van der Waals surface area contributed by atoms with Crippen molar-refractivity contribution in [2.45, 2.75) is 44.8 Å². The lowest BCUT2D eigenvalue weighted by Gasteiger charge is -2.40. The molecule has 2 aliphatic rings. The van der Waals surface area contributed by atoms with E-state index in [1.807, 2.05) is 47.5 Å². The van der Waals surface area contributed by atoms with Crippen molar-refractivity contribution in [1.29, 1.82) is 0 Å². The molecule has 1 atom stereocenters. The van der Waals surface area contributed by atoms with Gasteiger partial charge in [0.25, 0.3) is 0 Å². The molecule has 3 amide bonds. The number of anilines is 1. The van der Waals surface area contributed by atoms with E-state index in [1.54, 1.807) is 0 Å². The molecule has 4 aromatic rings. The molecule has 0 radical (unpaired) electrons. The molecule has 206 valence electrons. The van der Waals surface area contributed by atoms with Gasteiger partial charge < -0.3 is 15.5 Å². The first kappa shape index (κ1) is 26.5. The van der Waals surface area contributed by atoms with E-state index in [1.165, 1.54) is 0 Å². The zero-order valence-electron chi connectivity index (χ0n) is 22.4. The monoisotopic (exact) mass is 601 g/mol. The number of aryl methyl sites for hydroxylation is 1. The van der Waals surface area contributed by atoms with Crippen LogP contribution in [-0.4, -0.2) is 62.6 Å². The Morgan fingerprint density at radius 2 is 1.98 bits per heavy atom. The van der Waals surface area contributed by atoms with Crippen molar-refractivity contribution in [3.63, 3.8) is 0 Å². The molecule has 1 unspecified atom stereocenters. The number of benzene rings is 2. The average molecular weight is 603 g/mol. The Morgan fingerprint density at radius 1 is 1.15 bits per heavy atom. The molecular weight excluding hydrogens is 570 g/mol. The first-order valence-corrected chi connectivity index (χ1v) is 14.4. The normalized spacial score (nSPS) is 16.9. The summed E-state index contributed by atoms with van der Waals surface area (Å²) in [5.74, 6) is -0.0315. The molecule has 9 nitrogen and oxygen atoms in total. The number of aromatic amines is 1. The molecule has 0 aliphatic carbocycles. The Hall–Kier alpha value is -3.76. The summed E-state index contributed by atoms with van der Waals surface area (Å²) in [6.45, 7) is 4.52. The van der Waals surface area contributed by atoms with Crippen LogP contribution in [0.15, 0.2) is 65.4 Å². The van der Waals surface area contributed by atoms with Crippen molar-refractivity contribution < 1.29 is 9.59 Å². The van der Waals surface area contributed by atoms with E-state index in [0.717, 1.165) is 69.5 Å². The summed E-state index contributed by atoms with van der Waals surface area (Å²) in [7, 11) is 0. The van der Waals surface area contributed by atoms with Crippen LogP contribution < -0.4 is 10.6 Å². The fraction of sp³-hybridized carbons (Fsp3) is 0.333. The van der Waals surface area contributed by atoms with Gasteiger partial charge in [-0.1, -0.05) is 30.3 Å². The Balaban J connectivity index is 1.09. The number of H-pyrrole nitrogens is 1. The van der Waals surface area contributed by atoms with Crippen LogP contribution in [0.1, 0.15) is 41.3 Å². The van der Waals surface area contributed by atoms with Crippen LogP contribution in [0.3, 0.4) is 0 Å². The molecule has 1 saturated heterocycles. The number of hydrogen-bond acceptors (Lipinski definition) is 5. The van der Waals surface area contributed by atoms with Crippen molar-refractivity contribution in [2.75, 3.05) is 25.0 Å². The van der Waals surface area contributed by atoms with Gasteiger partial charge in [-0.05, 0) is 83.1 Å². The second-order valence-electron chi connectivity index (χ2n) is 10.7. The number of piperidine rings is 1. The van der Waals surface area contributed by atoms with Crippen LogP contribution in [0.4, 0.5) is 10.5 Å². The number of hydrogen-bond donors (Lipinski definition) is 3. The molecule has 2 aromatic carbocycles. The number of nitrogens with one attached hydrogen (secondary N) is 3. The average Bonchev–Trinajstić information content (AvgIpc) is 3.42. The van der Waals surface area contributed by atoms with Gasteiger partial charge in [0.05, 0.1) is 30.0 Å². The number of pyridine rings is 1. The molecule has 0 spiro atoms. The maximum atomic E-state index is 13.3. The number of amides is 3. The molecule has 0 bridgehead atoms. The van der Waals surface area contributed by atoms with Crippen molar-refractivity contribution in [3.05, 3.63) is 87.8 Å². The molecule has 3 N–H and O–H groups in total. The highest BCUT2D eigenvalue weighted by molar-refractivity contribution is 9.10. The highest BCUT2D eigenvalue weighted by Crippen LogP contribution is 2.28. The third kappa shape index (κ3) is 5.73. The third-order valence-electron chi connectivity index (χ3n) is 7.90. The van der Waals surface area contributed by atoms with Crippen molar-refractivity contribution in [2.24, 2.45) is 0 Å². The maximum Gasteiger partial charge on any atom is 0.322 e. The summed E-state index contributed by atoms with van der Waals surface area (Å²) in [6, 6.07) is 17.8. The minimum Gasteiger partial charge on any atom is -0.346 e. The van der Waals surface area contributed by atoms with E-state index in [-0.39, 0.29) is 24.0 Å². The molecule has 0 saturated carbocycles. The number of halogens is 1. The standard InChI is InChI=1S/C30H32BrN7O2/c1-19-13-20(14-22-16-32-36-29(19)22)15-26(25-7-4-8-27(31)33-25)34-28(39)18-37-11-9-23(10-12-37)38-17-21-5-2-3-6-24(21)35-30(38)40/h2-8,13-14,16,23,26H,9-12,15,17-18H2,1H3,(H,32,36)(H,34,39)(H,35,40). The number of carbonyl (C=O) groups excluding carboxylic acids is 2. The highest BCUT2D eigenvalue weighted by Gasteiger charge is 2.32. The Morgan fingerprint density at radius 3 is 2.80 bits per heavy atom. The molecule has 1 fully saturated rings. The molecule has 40 heavy (non-hydrogen) atoms. The van der Waals surface area contributed by atoms with Gasteiger partial charge in [0, 0.05) is 36.7 Å². The van der Waals surface area contributed by atoms with Gasteiger partial charge in [-0.3, -0.25) is 14.8 Å². The summed E-state index contributed by atoms with van der Waals surface area (Å²) in [5.41, 5.74) is 6.10. The summed E-state index contributed by atoms with van der Waals surface area (Å²) in [5, 5.41) is 14.5. The van der Waals surface area contributed by atoms with Crippen LogP contribution in [0.2, 0.25) is 0 Å². The van der Waals surface area contributed by atoms with Crippen LogP contribution in [0.5, 0.6) is 0 Å². The molecular formula is C30H32BrN7O2. The Labute approximate surface area is 241 Å². The lowest BCUT2D eigenvalue weighted by atomic mass is 9.99. The lowest BCUT2D eigenvalue weighted by Crippen LogP contribution is -2.51. The first-order chi connectivity index (χ1) is 19.4. The van der Waals surface area contributed by atoms with Crippen molar-refractivity contribution in [1.82, 2.24) is 30.3 Å². The SMILES string of the molecule is Cc1cc(CC(NC(=O)CN2CCC(N3Cc4ccccc4NC3=O)CC2)c2cccc(Br)n2)cc2cn[nH]c12. The molecule has 2 aliphatic heterocycles. The van der Waals surface area contributed by atoms with Gasteiger partial charge in [0.1, 0.15) is 4.60 Å². The second-order valence-corrected chi connectivity index (χ2v) is 11.5. The Kier molecular flexibility index (Phi) is 7.53. The van der Waals surface area contributed by atoms with Gasteiger partial charge in [-0.25, -0.2) is 9.78 Å². The quantitative estimate of drug-likeness (QED) is 0.260. The van der Waals surface area contributed by atoms with Gasteiger partial charge in [-0.2, -0.15) is 5.10 Å². The first-order valence-electron chi connectivity index (χ1n) is 13.7. The van der Waals surface area contributed by atoms with E-state index < -0.39 is 0 Å². The molecule has 2 aromatic heterocycles. The predicted octanol–water partition coefficient (Wildman–Crippen LogP) is 4.94. The molecule has 6 rings (SSSR count). The summed E-state index contributed by atoms with van der Waals surface area (Å²) < 4.78 is 0.733. The number of carbonyl (C=O) groups is 2. The van der Waals surface area contributed by atoms with Gasteiger partial charge in [-0.15, -0.1) is 0 Å². The van der Waals surface area contributed by atoms with E-state index in [2.05, 4.69) is 71.8 Å². The second kappa shape index (κ2) is 11.4. The molecule has 4 heterocycles. The summed E-state index contributed by atoms with van der Waals surface area (Å²) in [6.07, 6.45) is 4.12. The van der Waals surface area contributed by atoms with E-state index in [4.69, 9.17) is 0 Å². The number of urea groups is 1. The van der Waals surface area contributed by atoms with E-state index >= 15 is 0 Å². The molecule has 10 heteroatoms. The van der Waals surface area contributed by atoms with Crippen LogP contribution >= 0.6 is 15.9 Å². The Bertz CT molecular complexity index is 1550. The number of nitrogens with zero attached hydrogens (tertiary/aromatic N) is 4. The lowest BCUT2D eigenvalue weighted by molar-refractivity contribution is -0.123. The van der Waals surface area contributed by atoms with Crippen LogP contribution in [0.25, 0.3) is 10.9 Å². The fourth-order valence-electron chi connectivity index (χ4n) is 5.86. The smallest absolute Gasteiger partial charge is 0.322 e. The van der Waals surface area contributed by atoms with Gasteiger partial charge in [0.2, 0.25) is 5.91 Å². The van der Waals surface area contributed by atoms with Crippen LogP contribution in [0, 0.1) is 6.92 Å². The number of para-hydroxylation sites is 1.